The van der Waals surface area contributed by atoms with E-state index in [1.807, 2.05) is 30.4 Å². The maximum absolute atomic E-state index is 12.4. The molecule has 0 N–H and O–H groups in total. The van der Waals surface area contributed by atoms with Gasteiger partial charge >= 0.3 is 0 Å². The third-order valence-electron chi connectivity index (χ3n) is 3.60. The number of carbonyl (C=O) groups excluding carboxylic acids is 2. The van der Waals surface area contributed by atoms with Crippen molar-refractivity contribution < 1.29 is 9.59 Å². The number of allylic oxidation sites excluding steroid dienone is 2. The van der Waals surface area contributed by atoms with Crippen LogP contribution in [0.3, 0.4) is 0 Å². The van der Waals surface area contributed by atoms with E-state index < -0.39 is 0 Å². The number of carbonyl (C=O) groups is 2. The highest BCUT2D eigenvalue weighted by molar-refractivity contribution is 9.10. The van der Waals surface area contributed by atoms with Gasteiger partial charge in [-0.3, -0.25) is 9.59 Å². The fraction of sp³-hybridized carbons (Fsp3) is 0.286. The largest absolute Gasteiger partial charge is 0.274 e. The van der Waals surface area contributed by atoms with Gasteiger partial charge in [0.15, 0.2) is 0 Å². The Hall–Kier alpha value is -1.42. The standard InChI is InChI=1S/C14H12BrNO2/c15-11-7-3-4-8-12(11)16-13(17)9-5-1-2-6-10(9)14(16)18/h1-4,7-10H,5-6H2. The average Bonchev–Trinajstić information content (AvgIpc) is 2.64. The van der Waals surface area contributed by atoms with E-state index in [1.54, 1.807) is 6.07 Å². The Bertz CT molecular complexity index is 526. The second kappa shape index (κ2) is 4.35. The zero-order valence-electron chi connectivity index (χ0n) is 9.67. The predicted octanol–water partition coefficient (Wildman–Crippen LogP) is 2.90. The van der Waals surface area contributed by atoms with Crippen LogP contribution < -0.4 is 4.90 Å². The molecule has 3 rings (SSSR count). The molecule has 0 aromatic heterocycles. The van der Waals surface area contributed by atoms with Crippen LogP contribution in [0.2, 0.25) is 0 Å². The van der Waals surface area contributed by atoms with Crippen molar-refractivity contribution in [2.45, 2.75) is 12.8 Å². The Morgan fingerprint density at radius 2 is 1.56 bits per heavy atom. The summed E-state index contributed by atoms with van der Waals surface area (Å²) in [5, 5.41) is 0. The molecule has 0 spiro atoms. The summed E-state index contributed by atoms with van der Waals surface area (Å²) >= 11 is 3.40. The number of anilines is 1. The van der Waals surface area contributed by atoms with Gasteiger partial charge in [-0.1, -0.05) is 24.3 Å². The molecule has 1 aliphatic heterocycles. The van der Waals surface area contributed by atoms with Crippen molar-refractivity contribution in [2.24, 2.45) is 11.8 Å². The van der Waals surface area contributed by atoms with Crippen LogP contribution in [0.4, 0.5) is 5.69 Å². The Labute approximate surface area is 114 Å². The SMILES string of the molecule is O=C1C2CC=CCC2C(=O)N1c1ccccc1Br. The van der Waals surface area contributed by atoms with Crippen molar-refractivity contribution >= 4 is 33.4 Å². The minimum absolute atomic E-state index is 0.0683. The highest BCUT2D eigenvalue weighted by Gasteiger charge is 2.48. The van der Waals surface area contributed by atoms with Crippen LogP contribution in [0.15, 0.2) is 40.9 Å². The predicted molar refractivity (Wildman–Crippen MR) is 72.0 cm³/mol. The zero-order chi connectivity index (χ0) is 12.7. The molecule has 2 aliphatic rings. The highest BCUT2D eigenvalue weighted by Crippen LogP contribution is 2.39. The molecule has 2 unspecified atom stereocenters. The molecule has 18 heavy (non-hydrogen) atoms. The number of nitrogens with zero attached hydrogens (tertiary/aromatic N) is 1. The van der Waals surface area contributed by atoms with Crippen molar-refractivity contribution in [1.82, 2.24) is 0 Å². The maximum atomic E-state index is 12.4. The second-order valence-electron chi connectivity index (χ2n) is 4.62. The van der Waals surface area contributed by atoms with Gasteiger partial charge in [0.25, 0.3) is 0 Å². The zero-order valence-corrected chi connectivity index (χ0v) is 11.3. The van der Waals surface area contributed by atoms with Crippen LogP contribution in [0.25, 0.3) is 0 Å². The summed E-state index contributed by atoms with van der Waals surface area (Å²) in [7, 11) is 0. The molecule has 0 saturated carbocycles. The monoisotopic (exact) mass is 305 g/mol. The first-order chi connectivity index (χ1) is 8.70. The Morgan fingerprint density at radius 3 is 2.11 bits per heavy atom. The first-order valence-corrected chi connectivity index (χ1v) is 6.77. The Balaban J connectivity index is 2.02. The maximum Gasteiger partial charge on any atom is 0.238 e. The molecule has 2 amide bonds. The van der Waals surface area contributed by atoms with Gasteiger partial charge in [0.2, 0.25) is 11.8 Å². The number of fused-ring (bicyclic) bond motifs is 1. The van der Waals surface area contributed by atoms with Gasteiger partial charge in [-0.2, -0.15) is 0 Å². The fourth-order valence-corrected chi connectivity index (χ4v) is 3.13. The summed E-state index contributed by atoms with van der Waals surface area (Å²) in [6.07, 6.45) is 5.35. The van der Waals surface area contributed by atoms with Gasteiger partial charge in [-0.25, -0.2) is 4.90 Å². The average molecular weight is 306 g/mol. The molecule has 1 aromatic rings. The van der Waals surface area contributed by atoms with E-state index in [1.165, 1.54) is 4.90 Å². The molecule has 0 bridgehead atoms. The van der Waals surface area contributed by atoms with E-state index in [2.05, 4.69) is 15.9 Å². The summed E-state index contributed by atoms with van der Waals surface area (Å²) in [6.45, 7) is 0. The second-order valence-corrected chi connectivity index (χ2v) is 5.47. The van der Waals surface area contributed by atoms with Gasteiger partial charge in [-0.05, 0) is 40.9 Å². The molecule has 0 radical (unpaired) electrons. The molecular weight excluding hydrogens is 294 g/mol. The van der Waals surface area contributed by atoms with Gasteiger partial charge in [-0.15, -0.1) is 0 Å². The molecule has 1 saturated heterocycles. The van der Waals surface area contributed by atoms with Crippen LogP contribution in [0, 0.1) is 11.8 Å². The lowest BCUT2D eigenvalue weighted by Gasteiger charge is -2.16. The molecule has 1 aromatic carbocycles. The van der Waals surface area contributed by atoms with E-state index >= 15 is 0 Å². The van der Waals surface area contributed by atoms with E-state index in [4.69, 9.17) is 0 Å². The van der Waals surface area contributed by atoms with Crippen molar-refractivity contribution in [3.63, 3.8) is 0 Å². The topological polar surface area (TPSA) is 37.4 Å². The summed E-state index contributed by atoms with van der Waals surface area (Å²) in [4.78, 5) is 26.0. The van der Waals surface area contributed by atoms with Crippen molar-refractivity contribution in [2.75, 3.05) is 4.90 Å². The lowest BCUT2D eigenvalue weighted by Crippen LogP contribution is -2.31. The highest BCUT2D eigenvalue weighted by atomic mass is 79.9. The van der Waals surface area contributed by atoms with Crippen LogP contribution in [-0.2, 0) is 9.59 Å². The van der Waals surface area contributed by atoms with Crippen molar-refractivity contribution in [3.05, 3.63) is 40.9 Å². The molecule has 4 heteroatoms. The number of hydrogen-bond acceptors (Lipinski definition) is 2. The van der Waals surface area contributed by atoms with Crippen LogP contribution >= 0.6 is 15.9 Å². The number of amides is 2. The van der Waals surface area contributed by atoms with E-state index in [9.17, 15) is 9.59 Å². The molecule has 92 valence electrons. The summed E-state index contributed by atoms with van der Waals surface area (Å²) in [5.41, 5.74) is 0.655. The number of benzene rings is 1. The molecular formula is C14H12BrNO2. The molecule has 3 nitrogen and oxygen atoms in total. The van der Waals surface area contributed by atoms with Crippen LogP contribution in [0.5, 0.6) is 0 Å². The molecule has 2 atom stereocenters. The summed E-state index contributed by atoms with van der Waals surface area (Å²) in [6, 6.07) is 7.34. The number of hydrogen-bond donors (Lipinski definition) is 0. The first kappa shape index (κ1) is 11.7. The smallest absolute Gasteiger partial charge is 0.238 e. The molecule has 1 aliphatic carbocycles. The molecule has 1 heterocycles. The lowest BCUT2D eigenvalue weighted by atomic mass is 9.85. The van der Waals surface area contributed by atoms with E-state index in [0.29, 0.717) is 18.5 Å². The van der Waals surface area contributed by atoms with E-state index in [-0.39, 0.29) is 23.7 Å². The normalized spacial score (nSPS) is 26.6. The number of rotatable bonds is 1. The Kier molecular flexibility index (Phi) is 2.82. The van der Waals surface area contributed by atoms with Gasteiger partial charge in [0.05, 0.1) is 17.5 Å². The quantitative estimate of drug-likeness (QED) is 0.591. The third kappa shape index (κ3) is 1.63. The number of halogens is 1. The van der Waals surface area contributed by atoms with Crippen LogP contribution in [-0.4, -0.2) is 11.8 Å². The van der Waals surface area contributed by atoms with Gasteiger partial charge in [0.1, 0.15) is 0 Å². The summed E-state index contributed by atoms with van der Waals surface area (Å²) in [5.74, 6) is -0.480. The minimum atomic E-state index is -0.172. The van der Waals surface area contributed by atoms with Gasteiger partial charge < -0.3 is 0 Å². The summed E-state index contributed by atoms with van der Waals surface area (Å²) < 4.78 is 0.776. The van der Waals surface area contributed by atoms with Gasteiger partial charge in [0, 0.05) is 4.47 Å². The lowest BCUT2D eigenvalue weighted by molar-refractivity contribution is -0.122. The molecule has 1 fully saturated rings. The van der Waals surface area contributed by atoms with E-state index in [0.717, 1.165) is 4.47 Å². The Morgan fingerprint density at radius 1 is 1.00 bits per heavy atom. The minimum Gasteiger partial charge on any atom is -0.274 e. The van der Waals surface area contributed by atoms with Crippen molar-refractivity contribution in [1.29, 1.82) is 0 Å². The number of imide groups is 1. The van der Waals surface area contributed by atoms with Crippen LogP contribution in [0.1, 0.15) is 12.8 Å². The fourth-order valence-electron chi connectivity index (χ4n) is 2.67. The number of para-hydroxylation sites is 1. The first-order valence-electron chi connectivity index (χ1n) is 5.97. The van der Waals surface area contributed by atoms with Crippen molar-refractivity contribution in [3.8, 4) is 0 Å². The third-order valence-corrected chi connectivity index (χ3v) is 4.27.